The highest BCUT2D eigenvalue weighted by molar-refractivity contribution is 5.32. The molecule has 1 atom stereocenters. The molecule has 0 aliphatic heterocycles. The number of methoxy groups -OCH3 is 1. The zero-order chi connectivity index (χ0) is 7.68. The van der Waals surface area contributed by atoms with Gasteiger partial charge in [0.05, 0.1) is 6.10 Å². The molecule has 0 amide bonds. The number of aryl methyl sites for hydroxylation is 1. The van der Waals surface area contributed by atoms with E-state index in [2.05, 4.69) is 18.2 Å². The smallest absolute Gasteiger partial charge is 0.0827 e. The second-order valence-corrected chi connectivity index (χ2v) is 2.89. The molecule has 1 nitrogen and oxygen atoms in total. The highest BCUT2D eigenvalue weighted by Crippen LogP contribution is 2.32. The van der Waals surface area contributed by atoms with Crippen LogP contribution in [0.3, 0.4) is 0 Å². The summed E-state index contributed by atoms with van der Waals surface area (Å²) in [7, 11) is 1.77. The fraction of sp³-hybridized carbons (Fsp3) is 0.400. The Kier molecular flexibility index (Phi) is 1.66. The van der Waals surface area contributed by atoms with E-state index in [1.807, 2.05) is 6.07 Å². The summed E-state index contributed by atoms with van der Waals surface area (Å²) in [4.78, 5) is 0. The zero-order valence-corrected chi connectivity index (χ0v) is 6.63. The highest BCUT2D eigenvalue weighted by Gasteiger charge is 2.20. The lowest BCUT2D eigenvalue weighted by atomic mass is 10.1. The van der Waals surface area contributed by atoms with Gasteiger partial charge in [0.15, 0.2) is 0 Å². The second kappa shape index (κ2) is 2.67. The first-order valence-corrected chi connectivity index (χ1v) is 3.93. The monoisotopic (exact) mass is 147 g/mol. The minimum atomic E-state index is 0.333. The topological polar surface area (TPSA) is 9.23 Å². The molecule has 0 N–H and O–H groups in total. The Morgan fingerprint density at radius 3 is 3.36 bits per heavy atom. The summed E-state index contributed by atoms with van der Waals surface area (Å²) < 4.78 is 5.32. The molecule has 0 saturated heterocycles. The van der Waals surface area contributed by atoms with Crippen LogP contribution in [0.2, 0.25) is 0 Å². The maximum atomic E-state index is 5.32. The summed E-state index contributed by atoms with van der Waals surface area (Å²) in [6, 6.07) is 9.21. The standard InChI is InChI=1S/C10H11O/c1-11-10-7-6-8-4-2-3-5-9(8)10/h3-5,10H,6-7H2,1H3. The third kappa shape index (κ3) is 1.05. The van der Waals surface area contributed by atoms with E-state index in [1.54, 1.807) is 7.11 Å². The van der Waals surface area contributed by atoms with Crippen LogP contribution in [0.4, 0.5) is 0 Å². The Bertz CT molecular complexity index is 255. The van der Waals surface area contributed by atoms with Crippen molar-refractivity contribution in [3.8, 4) is 0 Å². The third-order valence-corrected chi connectivity index (χ3v) is 2.29. The van der Waals surface area contributed by atoms with Crippen LogP contribution in [-0.2, 0) is 11.2 Å². The first kappa shape index (κ1) is 6.86. The fourth-order valence-corrected chi connectivity index (χ4v) is 1.69. The molecule has 0 saturated carbocycles. The van der Waals surface area contributed by atoms with Gasteiger partial charge in [-0.25, -0.2) is 0 Å². The summed E-state index contributed by atoms with van der Waals surface area (Å²) in [5.74, 6) is 0. The summed E-state index contributed by atoms with van der Waals surface area (Å²) in [6.45, 7) is 0. The first-order valence-electron chi connectivity index (χ1n) is 3.93. The van der Waals surface area contributed by atoms with Gasteiger partial charge in [0.25, 0.3) is 0 Å². The van der Waals surface area contributed by atoms with Crippen molar-refractivity contribution in [2.24, 2.45) is 0 Å². The van der Waals surface area contributed by atoms with Gasteiger partial charge in [-0.2, -0.15) is 0 Å². The van der Waals surface area contributed by atoms with E-state index < -0.39 is 0 Å². The molecule has 1 unspecified atom stereocenters. The van der Waals surface area contributed by atoms with Crippen molar-refractivity contribution in [3.05, 3.63) is 35.4 Å². The van der Waals surface area contributed by atoms with Crippen molar-refractivity contribution in [1.82, 2.24) is 0 Å². The van der Waals surface area contributed by atoms with Crippen LogP contribution >= 0.6 is 0 Å². The number of fused-ring (bicyclic) bond motifs is 1. The van der Waals surface area contributed by atoms with E-state index in [-0.39, 0.29) is 0 Å². The van der Waals surface area contributed by atoms with E-state index in [1.165, 1.54) is 11.1 Å². The minimum absolute atomic E-state index is 0.333. The van der Waals surface area contributed by atoms with Crippen LogP contribution in [0.15, 0.2) is 18.2 Å². The highest BCUT2D eigenvalue weighted by atomic mass is 16.5. The Hall–Kier alpha value is -0.820. The quantitative estimate of drug-likeness (QED) is 0.591. The molecule has 11 heavy (non-hydrogen) atoms. The minimum Gasteiger partial charge on any atom is -0.377 e. The SMILES string of the molecule is COC1CCc2c[c]ccc21. The van der Waals surface area contributed by atoms with E-state index >= 15 is 0 Å². The number of hydrogen-bond acceptors (Lipinski definition) is 1. The average Bonchev–Trinajstić information content (AvgIpc) is 2.47. The van der Waals surface area contributed by atoms with E-state index in [0.29, 0.717) is 6.10 Å². The number of rotatable bonds is 1. The van der Waals surface area contributed by atoms with Gasteiger partial charge in [0, 0.05) is 7.11 Å². The van der Waals surface area contributed by atoms with Gasteiger partial charge in [-0.1, -0.05) is 18.2 Å². The summed E-state index contributed by atoms with van der Waals surface area (Å²) in [5, 5.41) is 0. The van der Waals surface area contributed by atoms with Gasteiger partial charge in [0.1, 0.15) is 0 Å². The molecule has 0 fully saturated rings. The molecular formula is C10H11O. The average molecular weight is 147 g/mol. The lowest BCUT2D eigenvalue weighted by molar-refractivity contribution is 0.105. The van der Waals surface area contributed by atoms with Crippen LogP contribution in [0.5, 0.6) is 0 Å². The molecule has 0 spiro atoms. The van der Waals surface area contributed by atoms with E-state index in [9.17, 15) is 0 Å². The van der Waals surface area contributed by atoms with Crippen molar-refractivity contribution in [2.75, 3.05) is 7.11 Å². The van der Waals surface area contributed by atoms with Gasteiger partial charge in [0.2, 0.25) is 0 Å². The maximum absolute atomic E-state index is 5.32. The van der Waals surface area contributed by atoms with Gasteiger partial charge in [-0.3, -0.25) is 0 Å². The van der Waals surface area contributed by atoms with Crippen LogP contribution in [0.25, 0.3) is 0 Å². The lowest BCUT2D eigenvalue weighted by Gasteiger charge is -2.07. The van der Waals surface area contributed by atoms with Gasteiger partial charge >= 0.3 is 0 Å². The van der Waals surface area contributed by atoms with Crippen molar-refractivity contribution in [2.45, 2.75) is 18.9 Å². The fourth-order valence-electron chi connectivity index (χ4n) is 1.69. The number of hydrogen-bond donors (Lipinski definition) is 0. The zero-order valence-electron chi connectivity index (χ0n) is 6.63. The molecule has 0 aromatic heterocycles. The summed E-state index contributed by atoms with van der Waals surface area (Å²) in [6.07, 6.45) is 2.61. The number of ether oxygens (including phenoxy) is 1. The molecule has 1 radical (unpaired) electrons. The molecular weight excluding hydrogens is 136 g/mol. The van der Waals surface area contributed by atoms with Crippen molar-refractivity contribution >= 4 is 0 Å². The Morgan fingerprint density at radius 1 is 1.64 bits per heavy atom. The molecule has 0 bridgehead atoms. The molecule has 57 valence electrons. The predicted molar refractivity (Wildman–Crippen MR) is 43.3 cm³/mol. The van der Waals surface area contributed by atoms with Gasteiger partial charge in [-0.15, -0.1) is 0 Å². The van der Waals surface area contributed by atoms with Gasteiger partial charge < -0.3 is 4.74 Å². The molecule has 1 aromatic rings. The molecule has 1 aliphatic carbocycles. The normalized spacial score (nSPS) is 21.7. The van der Waals surface area contributed by atoms with Crippen molar-refractivity contribution in [3.63, 3.8) is 0 Å². The van der Waals surface area contributed by atoms with Crippen LogP contribution in [0.1, 0.15) is 23.7 Å². The lowest BCUT2D eigenvalue weighted by Crippen LogP contribution is -1.94. The Balaban J connectivity index is 2.39. The second-order valence-electron chi connectivity index (χ2n) is 2.89. The largest absolute Gasteiger partial charge is 0.377 e. The molecule has 1 aliphatic rings. The molecule has 1 heteroatoms. The van der Waals surface area contributed by atoms with Crippen molar-refractivity contribution in [1.29, 1.82) is 0 Å². The Morgan fingerprint density at radius 2 is 2.55 bits per heavy atom. The van der Waals surface area contributed by atoms with E-state index in [4.69, 9.17) is 4.74 Å². The van der Waals surface area contributed by atoms with E-state index in [0.717, 1.165) is 12.8 Å². The third-order valence-electron chi connectivity index (χ3n) is 2.29. The molecule has 0 heterocycles. The Labute approximate surface area is 67.0 Å². The molecule has 1 aromatic carbocycles. The number of benzene rings is 1. The van der Waals surface area contributed by atoms with Crippen molar-refractivity contribution < 1.29 is 4.74 Å². The van der Waals surface area contributed by atoms with Crippen LogP contribution in [-0.4, -0.2) is 7.11 Å². The maximum Gasteiger partial charge on any atom is 0.0827 e. The first-order chi connectivity index (χ1) is 5.42. The predicted octanol–water partition coefficient (Wildman–Crippen LogP) is 2.12. The molecule has 2 rings (SSSR count). The van der Waals surface area contributed by atoms with Crippen LogP contribution in [0, 0.1) is 6.07 Å². The summed E-state index contributed by atoms with van der Waals surface area (Å²) >= 11 is 0. The van der Waals surface area contributed by atoms with Gasteiger partial charge in [-0.05, 0) is 30.0 Å². The summed E-state index contributed by atoms with van der Waals surface area (Å²) in [5.41, 5.74) is 2.76. The van der Waals surface area contributed by atoms with Crippen LogP contribution < -0.4 is 0 Å².